The zero-order chi connectivity index (χ0) is 9.68. The minimum atomic E-state index is 0.719. The fourth-order valence-electron chi connectivity index (χ4n) is 1.09. The largest absolute Gasteiger partial charge is 0.443 e. The van der Waals surface area contributed by atoms with Crippen LogP contribution in [0, 0.1) is 6.92 Å². The lowest BCUT2D eigenvalue weighted by Crippen LogP contribution is -2.04. The third-order valence-corrected chi connectivity index (χ3v) is 1.73. The molecule has 0 fully saturated rings. The van der Waals surface area contributed by atoms with Gasteiger partial charge in [0.15, 0.2) is 5.90 Å². The lowest BCUT2D eigenvalue weighted by molar-refractivity contribution is 0.539. The minimum Gasteiger partial charge on any atom is -0.443 e. The molecule has 0 bridgehead atoms. The SMILES string of the molecule is CC/N=C(\C)Oc1ccccc1C. The predicted octanol–water partition coefficient (Wildman–Crippen LogP) is 2.81. The summed E-state index contributed by atoms with van der Waals surface area (Å²) in [6, 6.07) is 7.93. The van der Waals surface area contributed by atoms with Crippen LogP contribution in [0.5, 0.6) is 5.75 Å². The Morgan fingerprint density at radius 3 is 2.69 bits per heavy atom. The molecule has 2 nitrogen and oxygen atoms in total. The molecule has 0 amide bonds. The van der Waals surface area contributed by atoms with E-state index in [1.165, 1.54) is 0 Å². The Balaban J connectivity index is 2.74. The van der Waals surface area contributed by atoms with Crippen molar-refractivity contribution in [3.63, 3.8) is 0 Å². The molecule has 1 aromatic rings. The Morgan fingerprint density at radius 2 is 2.08 bits per heavy atom. The fraction of sp³-hybridized carbons (Fsp3) is 0.364. The van der Waals surface area contributed by atoms with Crippen LogP contribution in [0.4, 0.5) is 0 Å². The highest BCUT2D eigenvalue weighted by Crippen LogP contribution is 2.16. The molecule has 0 aliphatic rings. The van der Waals surface area contributed by atoms with Crippen LogP contribution >= 0.6 is 0 Å². The number of benzene rings is 1. The van der Waals surface area contributed by atoms with Crippen LogP contribution in [-0.2, 0) is 0 Å². The number of nitrogens with zero attached hydrogens (tertiary/aromatic N) is 1. The second kappa shape index (κ2) is 4.65. The summed E-state index contributed by atoms with van der Waals surface area (Å²) in [6.07, 6.45) is 0. The van der Waals surface area contributed by atoms with Gasteiger partial charge in [0.1, 0.15) is 5.75 Å². The molecule has 0 N–H and O–H groups in total. The molecule has 2 heteroatoms. The Hall–Kier alpha value is -1.31. The maximum absolute atomic E-state index is 5.54. The number of hydrogen-bond acceptors (Lipinski definition) is 2. The molecule has 70 valence electrons. The summed E-state index contributed by atoms with van der Waals surface area (Å²) < 4.78 is 5.54. The summed E-state index contributed by atoms with van der Waals surface area (Å²) in [5.41, 5.74) is 1.13. The van der Waals surface area contributed by atoms with E-state index in [4.69, 9.17) is 4.74 Å². The van der Waals surface area contributed by atoms with Crippen LogP contribution < -0.4 is 4.74 Å². The van der Waals surface area contributed by atoms with Crippen molar-refractivity contribution < 1.29 is 4.74 Å². The van der Waals surface area contributed by atoms with E-state index in [0.29, 0.717) is 0 Å². The number of ether oxygens (including phenoxy) is 1. The molecule has 0 heterocycles. The standard InChI is InChI=1S/C11H15NO/c1-4-12-10(3)13-11-8-6-5-7-9(11)2/h5-8H,4H2,1-3H3/b12-10+. The molecule has 0 saturated heterocycles. The van der Waals surface area contributed by atoms with Crippen LogP contribution in [0.25, 0.3) is 0 Å². The van der Waals surface area contributed by atoms with Gasteiger partial charge in [0.2, 0.25) is 0 Å². The number of aryl methyl sites for hydroxylation is 1. The summed E-state index contributed by atoms with van der Waals surface area (Å²) >= 11 is 0. The summed E-state index contributed by atoms with van der Waals surface area (Å²) in [7, 11) is 0. The van der Waals surface area contributed by atoms with Crippen LogP contribution in [0.15, 0.2) is 29.3 Å². The summed E-state index contributed by atoms with van der Waals surface area (Å²) in [4.78, 5) is 4.16. The van der Waals surface area contributed by atoms with Gasteiger partial charge in [-0.2, -0.15) is 0 Å². The maximum atomic E-state index is 5.54. The maximum Gasteiger partial charge on any atom is 0.187 e. The van der Waals surface area contributed by atoms with Gasteiger partial charge in [-0.3, -0.25) is 4.99 Å². The highest BCUT2D eigenvalue weighted by atomic mass is 16.5. The van der Waals surface area contributed by atoms with Gasteiger partial charge in [0.25, 0.3) is 0 Å². The van der Waals surface area contributed by atoms with E-state index in [9.17, 15) is 0 Å². The van der Waals surface area contributed by atoms with Gasteiger partial charge < -0.3 is 4.74 Å². The van der Waals surface area contributed by atoms with Crippen molar-refractivity contribution in [1.82, 2.24) is 0 Å². The van der Waals surface area contributed by atoms with E-state index in [0.717, 1.165) is 23.8 Å². The molecule has 0 aromatic heterocycles. The van der Waals surface area contributed by atoms with E-state index in [-0.39, 0.29) is 0 Å². The molecular formula is C11H15NO. The molecule has 0 spiro atoms. The van der Waals surface area contributed by atoms with Gasteiger partial charge in [-0.05, 0) is 25.5 Å². The first-order chi connectivity index (χ1) is 6.24. The second-order valence-corrected chi connectivity index (χ2v) is 2.86. The van der Waals surface area contributed by atoms with Crippen molar-refractivity contribution in [2.24, 2.45) is 4.99 Å². The van der Waals surface area contributed by atoms with Crippen LogP contribution in [0.2, 0.25) is 0 Å². The highest BCUT2D eigenvalue weighted by molar-refractivity contribution is 5.76. The topological polar surface area (TPSA) is 21.6 Å². The lowest BCUT2D eigenvalue weighted by Gasteiger charge is -2.06. The third kappa shape index (κ3) is 2.90. The molecule has 0 aliphatic heterocycles. The van der Waals surface area contributed by atoms with Gasteiger partial charge in [0, 0.05) is 13.5 Å². The van der Waals surface area contributed by atoms with Crippen molar-refractivity contribution in [2.45, 2.75) is 20.8 Å². The van der Waals surface area contributed by atoms with Crippen molar-refractivity contribution in [3.05, 3.63) is 29.8 Å². The first-order valence-electron chi connectivity index (χ1n) is 4.48. The predicted molar refractivity (Wildman–Crippen MR) is 55.5 cm³/mol. The monoisotopic (exact) mass is 177 g/mol. The van der Waals surface area contributed by atoms with Gasteiger partial charge >= 0.3 is 0 Å². The van der Waals surface area contributed by atoms with Gasteiger partial charge in [0.05, 0.1) is 0 Å². The molecular weight excluding hydrogens is 162 g/mol. The van der Waals surface area contributed by atoms with E-state index < -0.39 is 0 Å². The van der Waals surface area contributed by atoms with E-state index >= 15 is 0 Å². The average molecular weight is 177 g/mol. The number of hydrogen-bond donors (Lipinski definition) is 0. The second-order valence-electron chi connectivity index (χ2n) is 2.86. The molecule has 0 aliphatic carbocycles. The lowest BCUT2D eigenvalue weighted by atomic mass is 10.2. The normalized spacial score (nSPS) is 11.5. The zero-order valence-electron chi connectivity index (χ0n) is 8.37. The first-order valence-corrected chi connectivity index (χ1v) is 4.48. The summed E-state index contributed by atoms with van der Waals surface area (Å²) in [5.74, 6) is 1.61. The summed E-state index contributed by atoms with van der Waals surface area (Å²) in [5, 5.41) is 0. The Bertz CT molecular complexity index is 305. The smallest absolute Gasteiger partial charge is 0.187 e. The van der Waals surface area contributed by atoms with Crippen molar-refractivity contribution in [3.8, 4) is 5.75 Å². The van der Waals surface area contributed by atoms with Crippen molar-refractivity contribution in [1.29, 1.82) is 0 Å². The quantitative estimate of drug-likeness (QED) is 0.503. The first kappa shape index (κ1) is 9.78. The zero-order valence-corrected chi connectivity index (χ0v) is 8.37. The molecule has 1 aromatic carbocycles. The number of para-hydroxylation sites is 1. The van der Waals surface area contributed by atoms with Gasteiger partial charge in [-0.25, -0.2) is 0 Å². The molecule has 0 unspecified atom stereocenters. The molecule has 13 heavy (non-hydrogen) atoms. The van der Waals surface area contributed by atoms with E-state index in [1.54, 1.807) is 0 Å². The Morgan fingerprint density at radius 1 is 1.38 bits per heavy atom. The Labute approximate surface area is 79.3 Å². The third-order valence-electron chi connectivity index (χ3n) is 1.73. The van der Waals surface area contributed by atoms with Gasteiger partial charge in [-0.1, -0.05) is 18.2 Å². The van der Waals surface area contributed by atoms with Crippen molar-refractivity contribution in [2.75, 3.05) is 6.54 Å². The molecule has 0 radical (unpaired) electrons. The van der Waals surface area contributed by atoms with Gasteiger partial charge in [-0.15, -0.1) is 0 Å². The average Bonchev–Trinajstić information content (AvgIpc) is 2.09. The van der Waals surface area contributed by atoms with Crippen LogP contribution in [-0.4, -0.2) is 12.4 Å². The number of rotatable bonds is 2. The number of aliphatic imine (C=N–C) groups is 1. The van der Waals surface area contributed by atoms with Crippen LogP contribution in [0.3, 0.4) is 0 Å². The summed E-state index contributed by atoms with van der Waals surface area (Å²) in [6.45, 7) is 6.65. The highest BCUT2D eigenvalue weighted by Gasteiger charge is 1.98. The van der Waals surface area contributed by atoms with Crippen molar-refractivity contribution >= 4 is 5.90 Å². The fourth-order valence-corrected chi connectivity index (χ4v) is 1.09. The minimum absolute atomic E-state index is 0.719. The molecule has 0 atom stereocenters. The van der Waals surface area contributed by atoms with Crippen LogP contribution in [0.1, 0.15) is 19.4 Å². The van der Waals surface area contributed by atoms with E-state index in [2.05, 4.69) is 4.99 Å². The molecule has 1 rings (SSSR count). The Kier molecular flexibility index (Phi) is 3.50. The van der Waals surface area contributed by atoms with E-state index in [1.807, 2.05) is 45.0 Å². The molecule has 0 saturated carbocycles.